The highest BCUT2D eigenvalue weighted by atomic mass is 19.1. The van der Waals surface area contributed by atoms with E-state index in [1.807, 2.05) is 53.1 Å². The van der Waals surface area contributed by atoms with Crippen LogP contribution in [-0.2, 0) is 19.6 Å². The second kappa shape index (κ2) is 10.3. The Bertz CT molecular complexity index is 1410. The smallest absolute Gasteiger partial charge is 0.274 e. The van der Waals surface area contributed by atoms with Crippen LogP contribution in [0.1, 0.15) is 33.0 Å². The average molecular weight is 481 g/mol. The van der Waals surface area contributed by atoms with Gasteiger partial charge in [0, 0.05) is 31.9 Å². The van der Waals surface area contributed by atoms with E-state index in [4.69, 9.17) is 4.98 Å². The summed E-state index contributed by atoms with van der Waals surface area (Å²) in [5.74, 6) is 0.793. The number of imidazole rings is 1. The summed E-state index contributed by atoms with van der Waals surface area (Å²) in [6, 6.07) is 25.6. The Kier molecular flexibility index (Phi) is 6.63. The Morgan fingerprint density at radius 1 is 1.00 bits per heavy atom. The number of carbonyl (C=O) groups is 1. The fourth-order valence-electron chi connectivity index (χ4n) is 4.34. The molecule has 0 spiro atoms. The maximum atomic E-state index is 13.9. The number of carbonyl (C=O) groups excluding carboxylic acids is 1. The first kappa shape index (κ1) is 23.1. The summed E-state index contributed by atoms with van der Waals surface area (Å²) in [7, 11) is 0. The van der Waals surface area contributed by atoms with Gasteiger partial charge in [-0.3, -0.25) is 4.79 Å². The van der Waals surface area contributed by atoms with Gasteiger partial charge in [-0.1, -0.05) is 48.5 Å². The van der Waals surface area contributed by atoms with Crippen LogP contribution in [0.2, 0.25) is 0 Å². The summed E-state index contributed by atoms with van der Waals surface area (Å²) in [5, 5.41) is 16.1. The van der Waals surface area contributed by atoms with Gasteiger partial charge in [-0.2, -0.15) is 5.26 Å². The zero-order valence-corrected chi connectivity index (χ0v) is 19.6. The standard InChI is InChI=1S/C28H25FN6O/c29-23-10-12-24(13-11-23)32-17-25-33-27-26(35(25)18-20-6-2-1-3-7-20)28(36)34(15-14-31-27)19-22-9-5-4-8-21(22)16-30/h1-13,31-32H,14-15,17-19H2. The van der Waals surface area contributed by atoms with Gasteiger partial charge in [0.05, 0.1) is 18.2 Å². The first-order valence-electron chi connectivity index (χ1n) is 11.8. The third-order valence-corrected chi connectivity index (χ3v) is 6.19. The third-order valence-electron chi connectivity index (χ3n) is 6.19. The van der Waals surface area contributed by atoms with Crippen molar-refractivity contribution in [3.05, 3.63) is 113 Å². The van der Waals surface area contributed by atoms with Crippen molar-refractivity contribution in [3.63, 3.8) is 0 Å². The lowest BCUT2D eigenvalue weighted by Crippen LogP contribution is -2.34. The van der Waals surface area contributed by atoms with Crippen LogP contribution in [0.3, 0.4) is 0 Å². The summed E-state index contributed by atoms with van der Waals surface area (Å²) >= 11 is 0. The molecular formula is C28H25FN6O. The fraction of sp³-hybridized carbons (Fsp3) is 0.179. The summed E-state index contributed by atoms with van der Waals surface area (Å²) < 4.78 is 15.3. The Morgan fingerprint density at radius 3 is 2.53 bits per heavy atom. The molecule has 1 aliphatic heterocycles. The minimum atomic E-state index is -0.300. The number of nitrogens with zero attached hydrogens (tertiary/aromatic N) is 4. The lowest BCUT2D eigenvalue weighted by atomic mass is 10.1. The average Bonchev–Trinajstić information content (AvgIpc) is 3.16. The number of hydrogen-bond acceptors (Lipinski definition) is 5. The number of anilines is 2. The molecule has 2 heterocycles. The summed E-state index contributed by atoms with van der Waals surface area (Å²) in [5.41, 5.74) is 3.66. The van der Waals surface area contributed by atoms with Crippen molar-refractivity contribution in [2.75, 3.05) is 23.7 Å². The van der Waals surface area contributed by atoms with Crippen LogP contribution in [0.5, 0.6) is 0 Å². The number of hydrogen-bond donors (Lipinski definition) is 2. The highest BCUT2D eigenvalue weighted by Gasteiger charge is 2.30. The van der Waals surface area contributed by atoms with Crippen LogP contribution in [0.4, 0.5) is 15.9 Å². The topological polar surface area (TPSA) is 86.0 Å². The van der Waals surface area contributed by atoms with E-state index in [1.165, 1.54) is 12.1 Å². The van der Waals surface area contributed by atoms with Gasteiger partial charge < -0.3 is 20.1 Å². The number of nitriles is 1. The van der Waals surface area contributed by atoms with E-state index in [0.717, 1.165) is 16.8 Å². The van der Waals surface area contributed by atoms with Crippen LogP contribution >= 0.6 is 0 Å². The van der Waals surface area contributed by atoms with Crippen molar-refractivity contribution in [3.8, 4) is 6.07 Å². The Hall–Kier alpha value is -4.64. The Morgan fingerprint density at radius 2 is 1.75 bits per heavy atom. The molecule has 0 bridgehead atoms. The molecule has 8 heteroatoms. The zero-order chi connectivity index (χ0) is 24.9. The van der Waals surface area contributed by atoms with E-state index in [-0.39, 0.29) is 11.7 Å². The van der Waals surface area contributed by atoms with E-state index in [0.29, 0.717) is 55.6 Å². The number of amides is 1. The van der Waals surface area contributed by atoms with Crippen molar-refractivity contribution in [1.29, 1.82) is 5.26 Å². The van der Waals surface area contributed by atoms with Gasteiger partial charge in [0.1, 0.15) is 11.6 Å². The predicted octanol–water partition coefficient (Wildman–Crippen LogP) is 4.62. The van der Waals surface area contributed by atoms with Crippen molar-refractivity contribution in [1.82, 2.24) is 14.5 Å². The monoisotopic (exact) mass is 480 g/mol. The molecule has 1 aliphatic rings. The minimum Gasteiger partial charge on any atom is -0.378 e. The lowest BCUT2D eigenvalue weighted by molar-refractivity contribution is 0.0745. The predicted molar refractivity (Wildman–Crippen MR) is 136 cm³/mol. The van der Waals surface area contributed by atoms with Crippen LogP contribution in [0.15, 0.2) is 78.9 Å². The van der Waals surface area contributed by atoms with Crippen LogP contribution in [0.25, 0.3) is 0 Å². The Balaban J connectivity index is 1.49. The fourth-order valence-corrected chi connectivity index (χ4v) is 4.34. The molecule has 3 aromatic carbocycles. The number of halogens is 1. The van der Waals surface area contributed by atoms with Gasteiger partial charge in [-0.25, -0.2) is 9.37 Å². The summed E-state index contributed by atoms with van der Waals surface area (Å²) in [4.78, 5) is 20.4. The van der Waals surface area contributed by atoms with Crippen molar-refractivity contribution in [2.24, 2.45) is 0 Å². The minimum absolute atomic E-state index is 0.140. The van der Waals surface area contributed by atoms with E-state index in [1.54, 1.807) is 23.1 Å². The second-order valence-electron chi connectivity index (χ2n) is 8.58. The normalized spacial score (nSPS) is 12.9. The molecule has 2 N–H and O–H groups in total. The van der Waals surface area contributed by atoms with Crippen LogP contribution in [0, 0.1) is 17.1 Å². The molecule has 1 amide bonds. The zero-order valence-electron chi connectivity index (χ0n) is 19.6. The first-order chi connectivity index (χ1) is 17.6. The third kappa shape index (κ3) is 4.91. The molecule has 0 fully saturated rings. The lowest BCUT2D eigenvalue weighted by Gasteiger charge is -2.22. The van der Waals surface area contributed by atoms with E-state index in [9.17, 15) is 14.4 Å². The van der Waals surface area contributed by atoms with E-state index >= 15 is 0 Å². The Labute approximate surface area is 208 Å². The van der Waals surface area contributed by atoms with E-state index < -0.39 is 0 Å². The van der Waals surface area contributed by atoms with Crippen LogP contribution < -0.4 is 10.6 Å². The molecule has 0 radical (unpaired) electrons. The molecular weight excluding hydrogens is 455 g/mol. The van der Waals surface area contributed by atoms with Crippen LogP contribution in [-0.4, -0.2) is 33.4 Å². The van der Waals surface area contributed by atoms with E-state index in [2.05, 4.69) is 16.7 Å². The summed E-state index contributed by atoms with van der Waals surface area (Å²) in [6.45, 7) is 2.20. The van der Waals surface area contributed by atoms with Gasteiger partial charge >= 0.3 is 0 Å². The highest BCUT2D eigenvalue weighted by molar-refractivity contribution is 5.98. The molecule has 5 rings (SSSR count). The molecule has 180 valence electrons. The molecule has 0 atom stereocenters. The molecule has 0 unspecified atom stereocenters. The molecule has 4 aromatic rings. The number of aromatic nitrogens is 2. The first-order valence-corrected chi connectivity index (χ1v) is 11.8. The van der Waals surface area contributed by atoms with Gasteiger partial charge in [0.2, 0.25) is 0 Å². The maximum absolute atomic E-state index is 13.9. The second-order valence-corrected chi connectivity index (χ2v) is 8.58. The maximum Gasteiger partial charge on any atom is 0.274 e. The van der Waals surface area contributed by atoms with Crippen molar-refractivity contribution in [2.45, 2.75) is 19.6 Å². The highest BCUT2D eigenvalue weighted by Crippen LogP contribution is 2.25. The molecule has 7 nitrogen and oxygen atoms in total. The van der Waals surface area contributed by atoms with Gasteiger partial charge in [-0.05, 0) is 41.5 Å². The molecule has 0 saturated heterocycles. The van der Waals surface area contributed by atoms with Gasteiger partial charge in [0.15, 0.2) is 11.5 Å². The van der Waals surface area contributed by atoms with Crippen molar-refractivity contribution >= 4 is 17.4 Å². The molecule has 0 aliphatic carbocycles. The number of benzene rings is 3. The quantitative estimate of drug-likeness (QED) is 0.403. The summed E-state index contributed by atoms with van der Waals surface area (Å²) in [6.07, 6.45) is 0. The van der Waals surface area contributed by atoms with Gasteiger partial charge in [-0.15, -0.1) is 0 Å². The SMILES string of the molecule is N#Cc1ccccc1CN1CCNc2nc(CNc3ccc(F)cc3)n(Cc3ccccc3)c2C1=O. The number of rotatable bonds is 7. The van der Waals surface area contributed by atoms with Crippen molar-refractivity contribution < 1.29 is 9.18 Å². The molecule has 1 aromatic heterocycles. The largest absolute Gasteiger partial charge is 0.378 e. The molecule has 0 saturated carbocycles. The number of nitrogens with one attached hydrogen (secondary N) is 2. The molecule has 36 heavy (non-hydrogen) atoms. The number of fused-ring (bicyclic) bond motifs is 1. The van der Waals surface area contributed by atoms with Gasteiger partial charge in [0.25, 0.3) is 5.91 Å².